The third kappa shape index (κ3) is 6.45. The van der Waals surface area contributed by atoms with Crippen LogP contribution >= 0.6 is 0 Å². The highest BCUT2D eigenvalue weighted by Gasteiger charge is 2.44. The minimum absolute atomic E-state index is 0.318. The Morgan fingerprint density at radius 3 is 1.93 bits per heavy atom. The lowest BCUT2D eigenvalue weighted by atomic mass is 9.73. The highest BCUT2D eigenvalue weighted by Crippen LogP contribution is 2.43. The molecule has 0 heterocycles. The Morgan fingerprint density at radius 1 is 0.833 bits per heavy atom. The van der Waals surface area contributed by atoms with Crippen molar-refractivity contribution in [2.45, 2.75) is 77.2 Å². The fourth-order valence-electron chi connectivity index (χ4n) is 4.76. The molecule has 3 rings (SSSR count). The molecule has 0 saturated heterocycles. The maximum atomic E-state index is 14.6. The molecule has 0 amide bonds. The van der Waals surface area contributed by atoms with E-state index in [1.165, 1.54) is 25.7 Å². The van der Waals surface area contributed by atoms with E-state index in [4.69, 9.17) is 4.74 Å². The van der Waals surface area contributed by atoms with E-state index in [1.807, 2.05) is 0 Å². The first-order valence-electron chi connectivity index (χ1n) is 10.6. The molecule has 0 N–H and O–H groups in total. The highest BCUT2D eigenvalue weighted by molar-refractivity contribution is 5.33. The maximum absolute atomic E-state index is 14.6. The Balaban J connectivity index is 1.51. The molecule has 0 atom stereocenters. The van der Waals surface area contributed by atoms with E-state index in [2.05, 4.69) is 11.7 Å². The Hall–Kier alpha value is -1.60. The van der Waals surface area contributed by atoms with Crippen LogP contribution in [0.3, 0.4) is 0 Å². The molecule has 0 spiro atoms. The zero-order valence-corrected chi connectivity index (χ0v) is 17.0. The Bertz CT molecular complexity index is 689. The van der Waals surface area contributed by atoms with Crippen molar-refractivity contribution >= 4 is 0 Å². The average molecular weight is 438 g/mol. The monoisotopic (exact) mass is 438 g/mol. The van der Waals surface area contributed by atoms with E-state index in [1.54, 1.807) is 0 Å². The van der Waals surface area contributed by atoms with Gasteiger partial charge >= 0.3 is 12.5 Å². The smallest absolute Gasteiger partial charge is 0.432 e. The van der Waals surface area contributed by atoms with E-state index in [0.29, 0.717) is 49.7 Å². The second-order valence-electron chi connectivity index (χ2n) is 8.88. The van der Waals surface area contributed by atoms with Crippen molar-refractivity contribution in [3.8, 4) is 11.5 Å². The van der Waals surface area contributed by atoms with Crippen LogP contribution in [0.4, 0.5) is 26.3 Å². The maximum Gasteiger partial charge on any atom is 0.573 e. The molecule has 2 aliphatic carbocycles. The van der Waals surface area contributed by atoms with E-state index in [-0.39, 0.29) is 0 Å². The number of alkyl halides is 5. The molecule has 0 bridgehead atoms. The Kier molecular flexibility index (Phi) is 7.13. The number of benzene rings is 1. The van der Waals surface area contributed by atoms with Crippen molar-refractivity contribution < 1.29 is 35.8 Å². The van der Waals surface area contributed by atoms with Crippen molar-refractivity contribution in [1.82, 2.24) is 0 Å². The van der Waals surface area contributed by atoms with Gasteiger partial charge in [0.25, 0.3) is 0 Å². The van der Waals surface area contributed by atoms with Gasteiger partial charge in [0, 0.05) is 6.07 Å². The van der Waals surface area contributed by atoms with Crippen LogP contribution in [-0.2, 0) is 0 Å². The Labute approximate surface area is 172 Å². The third-order valence-electron chi connectivity index (χ3n) is 6.51. The molecule has 170 valence electrons. The lowest BCUT2D eigenvalue weighted by Crippen LogP contribution is -2.37. The fourth-order valence-corrected chi connectivity index (χ4v) is 4.76. The largest absolute Gasteiger partial charge is 0.573 e. The first kappa shape index (κ1) is 23.1. The number of halogens is 6. The lowest BCUT2D eigenvalue weighted by Gasteiger charge is -2.35. The van der Waals surface area contributed by atoms with Gasteiger partial charge in [-0.25, -0.2) is 4.39 Å². The summed E-state index contributed by atoms with van der Waals surface area (Å²) in [5, 5.41) is 0. The van der Waals surface area contributed by atoms with Gasteiger partial charge in [0.05, 0.1) is 5.92 Å². The van der Waals surface area contributed by atoms with Gasteiger partial charge in [-0.3, -0.25) is 0 Å². The van der Waals surface area contributed by atoms with Gasteiger partial charge < -0.3 is 9.47 Å². The van der Waals surface area contributed by atoms with Crippen LogP contribution in [0.5, 0.6) is 11.5 Å². The number of hydrogen-bond donors (Lipinski definition) is 0. The van der Waals surface area contributed by atoms with E-state index in [9.17, 15) is 26.3 Å². The van der Waals surface area contributed by atoms with Crippen LogP contribution < -0.4 is 9.47 Å². The van der Waals surface area contributed by atoms with Gasteiger partial charge in [-0.05, 0) is 62.0 Å². The summed E-state index contributed by atoms with van der Waals surface area (Å²) >= 11 is 0. The molecule has 0 radical (unpaired) electrons. The molecular weight excluding hydrogens is 410 g/mol. The first-order valence-corrected chi connectivity index (χ1v) is 10.6. The quantitative estimate of drug-likeness (QED) is 0.423. The predicted octanol–water partition coefficient (Wildman–Crippen LogP) is 7.72. The standard InChI is InChI=1S/C22H28F6O2/c1-14-2-4-15(5-3-14)12-16-6-8-17(9-7-16)21(24,25)29-18-10-11-20(19(23)13-18)30-22(26,27)28/h10-11,13-17H,2-9,12H2,1H3. The van der Waals surface area contributed by atoms with Gasteiger partial charge in [-0.2, -0.15) is 8.78 Å². The highest BCUT2D eigenvalue weighted by atomic mass is 19.4. The van der Waals surface area contributed by atoms with Gasteiger partial charge in [0.2, 0.25) is 0 Å². The molecule has 30 heavy (non-hydrogen) atoms. The van der Waals surface area contributed by atoms with Gasteiger partial charge in [0.1, 0.15) is 5.75 Å². The third-order valence-corrected chi connectivity index (χ3v) is 6.51. The van der Waals surface area contributed by atoms with Crippen LogP contribution in [0.1, 0.15) is 64.7 Å². The molecule has 0 unspecified atom stereocenters. The van der Waals surface area contributed by atoms with Crippen LogP contribution in [0.15, 0.2) is 18.2 Å². The molecule has 0 aromatic heterocycles. The zero-order valence-electron chi connectivity index (χ0n) is 17.0. The molecule has 2 saturated carbocycles. The molecule has 8 heteroatoms. The summed E-state index contributed by atoms with van der Waals surface area (Å²) in [6.45, 7) is 2.27. The summed E-state index contributed by atoms with van der Waals surface area (Å²) in [5.41, 5.74) is 0. The van der Waals surface area contributed by atoms with Crippen LogP contribution in [0.2, 0.25) is 0 Å². The topological polar surface area (TPSA) is 18.5 Å². The fraction of sp³-hybridized carbons (Fsp3) is 0.727. The summed E-state index contributed by atoms with van der Waals surface area (Å²) in [4.78, 5) is 0. The SMILES string of the molecule is CC1CCC(CC2CCC(C(F)(F)Oc3ccc(OC(F)(F)F)c(F)c3)CC2)CC1. The molecule has 2 aliphatic rings. The van der Waals surface area contributed by atoms with Crippen molar-refractivity contribution in [3.05, 3.63) is 24.0 Å². The summed E-state index contributed by atoms with van der Waals surface area (Å²) in [7, 11) is 0. The predicted molar refractivity (Wildman–Crippen MR) is 99.8 cm³/mol. The van der Waals surface area contributed by atoms with Gasteiger partial charge in [-0.15, -0.1) is 13.2 Å². The molecule has 1 aromatic rings. The van der Waals surface area contributed by atoms with Crippen LogP contribution in [0.25, 0.3) is 0 Å². The summed E-state index contributed by atoms with van der Waals surface area (Å²) < 4.78 is 87.7. The number of ether oxygens (including phenoxy) is 2. The summed E-state index contributed by atoms with van der Waals surface area (Å²) in [5.74, 6) is -2.08. The van der Waals surface area contributed by atoms with Crippen molar-refractivity contribution in [1.29, 1.82) is 0 Å². The summed E-state index contributed by atoms with van der Waals surface area (Å²) in [6, 6.07) is 1.98. The second kappa shape index (κ2) is 9.27. The first-order chi connectivity index (χ1) is 14.0. The minimum Gasteiger partial charge on any atom is -0.432 e. The van der Waals surface area contributed by atoms with Gasteiger partial charge in [-0.1, -0.05) is 32.6 Å². The number of hydrogen-bond acceptors (Lipinski definition) is 2. The molecule has 0 aliphatic heterocycles. The van der Waals surface area contributed by atoms with Crippen molar-refractivity contribution in [2.24, 2.45) is 23.7 Å². The van der Waals surface area contributed by atoms with Crippen LogP contribution in [0, 0.1) is 29.5 Å². The van der Waals surface area contributed by atoms with E-state index >= 15 is 0 Å². The van der Waals surface area contributed by atoms with E-state index in [0.717, 1.165) is 18.4 Å². The van der Waals surface area contributed by atoms with Gasteiger partial charge in [0.15, 0.2) is 11.6 Å². The Morgan fingerprint density at radius 2 is 1.40 bits per heavy atom. The molecule has 2 nitrogen and oxygen atoms in total. The molecular formula is C22H28F6O2. The molecule has 2 fully saturated rings. The zero-order chi connectivity index (χ0) is 21.9. The lowest BCUT2D eigenvalue weighted by molar-refractivity contribution is -0.275. The van der Waals surface area contributed by atoms with Crippen molar-refractivity contribution in [3.63, 3.8) is 0 Å². The summed E-state index contributed by atoms with van der Waals surface area (Å²) in [6.07, 6.45) is -0.490. The average Bonchev–Trinajstić information content (AvgIpc) is 2.65. The number of rotatable bonds is 6. The van der Waals surface area contributed by atoms with E-state index < -0.39 is 35.7 Å². The van der Waals surface area contributed by atoms with Crippen molar-refractivity contribution in [2.75, 3.05) is 0 Å². The van der Waals surface area contributed by atoms with Crippen LogP contribution in [-0.4, -0.2) is 12.5 Å². The minimum atomic E-state index is -5.07. The normalized spacial score (nSPS) is 28.2. The molecule has 1 aromatic carbocycles. The second-order valence-corrected chi connectivity index (χ2v) is 8.88.